The Morgan fingerprint density at radius 3 is 2.21 bits per heavy atom. The highest BCUT2D eigenvalue weighted by atomic mass is 14.1. The first-order valence-corrected chi connectivity index (χ1v) is 6.63. The van der Waals surface area contributed by atoms with Crippen LogP contribution in [-0.2, 0) is 0 Å². The van der Waals surface area contributed by atoms with Crippen molar-refractivity contribution in [3.8, 4) is 11.1 Å². The molecule has 0 saturated carbocycles. The Hall–Kier alpha value is -2.08. The van der Waals surface area contributed by atoms with Crippen LogP contribution in [0.3, 0.4) is 0 Å². The van der Waals surface area contributed by atoms with Crippen LogP contribution >= 0.6 is 0 Å². The minimum atomic E-state index is 1.22. The molecule has 0 fully saturated rings. The van der Waals surface area contributed by atoms with Crippen LogP contribution in [0.2, 0.25) is 0 Å². The van der Waals surface area contributed by atoms with Gasteiger partial charge in [-0.05, 0) is 48.6 Å². The highest BCUT2D eigenvalue weighted by molar-refractivity contribution is 5.79. The Labute approximate surface area is 116 Å². The van der Waals surface area contributed by atoms with E-state index in [-0.39, 0.29) is 0 Å². The molecule has 2 rings (SSSR count). The Morgan fingerprint density at radius 2 is 1.63 bits per heavy atom. The molecule has 0 aliphatic heterocycles. The van der Waals surface area contributed by atoms with Crippen molar-refractivity contribution in [2.75, 3.05) is 0 Å². The first kappa shape index (κ1) is 13.4. The summed E-state index contributed by atoms with van der Waals surface area (Å²) < 4.78 is 0. The maximum atomic E-state index is 3.97. The summed E-state index contributed by atoms with van der Waals surface area (Å²) >= 11 is 0. The van der Waals surface area contributed by atoms with Crippen molar-refractivity contribution in [3.63, 3.8) is 0 Å². The van der Waals surface area contributed by atoms with Gasteiger partial charge in [-0.2, -0.15) is 0 Å². The van der Waals surface area contributed by atoms with Crippen LogP contribution in [0.4, 0.5) is 0 Å². The minimum absolute atomic E-state index is 1.22. The molecule has 0 saturated heterocycles. The van der Waals surface area contributed by atoms with Crippen molar-refractivity contribution in [1.82, 2.24) is 0 Å². The predicted molar refractivity (Wildman–Crippen MR) is 86.2 cm³/mol. The van der Waals surface area contributed by atoms with Crippen molar-refractivity contribution >= 4 is 12.2 Å². The van der Waals surface area contributed by atoms with Crippen LogP contribution in [-0.4, -0.2) is 0 Å². The van der Waals surface area contributed by atoms with Crippen molar-refractivity contribution in [2.24, 2.45) is 0 Å². The molecule has 2 aromatic rings. The number of aryl methyl sites for hydroxylation is 1. The fraction of sp³-hybridized carbons (Fsp3) is 0.158. The molecule has 0 aliphatic carbocycles. The summed E-state index contributed by atoms with van der Waals surface area (Å²) in [7, 11) is 0. The molecule has 0 N–H and O–H groups in total. The van der Waals surface area contributed by atoms with E-state index in [4.69, 9.17) is 0 Å². The molecule has 0 unspecified atom stereocenters. The van der Waals surface area contributed by atoms with E-state index in [2.05, 4.69) is 69.0 Å². The monoisotopic (exact) mass is 248 g/mol. The van der Waals surface area contributed by atoms with Crippen LogP contribution in [0, 0.1) is 13.8 Å². The maximum absolute atomic E-state index is 3.97. The Kier molecular flexibility index (Phi) is 4.01. The van der Waals surface area contributed by atoms with Gasteiger partial charge in [-0.3, -0.25) is 0 Å². The summed E-state index contributed by atoms with van der Waals surface area (Å²) in [5, 5.41) is 0. The summed E-state index contributed by atoms with van der Waals surface area (Å²) in [4.78, 5) is 0. The SMILES string of the molecule is C=Cc1c(-c2ccc(C)cc2)ccc(/C=C\C)c1C. The van der Waals surface area contributed by atoms with Gasteiger partial charge < -0.3 is 0 Å². The third-order valence-corrected chi connectivity index (χ3v) is 3.47. The second-order valence-corrected chi connectivity index (χ2v) is 4.81. The summed E-state index contributed by atoms with van der Waals surface area (Å²) in [5.41, 5.74) is 7.54. The molecule has 0 spiro atoms. The van der Waals surface area contributed by atoms with E-state index in [1.165, 1.54) is 33.4 Å². The molecule has 0 aliphatic rings. The van der Waals surface area contributed by atoms with Gasteiger partial charge in [0.15, 0.2) is 0 Å². The van der Waals surface area contributed by atoms with Gasteiger partial charge >= 0.3 is 0 Å². The normalized spacial score (nSPS) is 10.9. The van der Waals surface area contributed by atoms with E-state index >= 15 is 0 Å². The van der Waals surface area contributed by atoms with Crippen LogP contribution in [0.1, 0.15) is 29.2 Å². The predicted octanol–water partition coefficient (Wildman–Crippen LogP) is 5.65. The van der Waals surface area contributed by atoms with Gasteiger partial charge in [-0.25, -0.2) is 0 Å². The number of benzene rings is 2. The fourth-order valence-electron chi connectivity index (χ4n) is 2.35. The third-order valence-electron chi connectivity index (χ3n) is 3.47. The molecule has 19 heavy (non-hydrogen) atoms. The Bertz CT molecular complexity index is 613. The molecule has 96 valence electrons. The molecule has 0 atom stereocenters. The van der Waals surface area contributed by atoms with Crippen LogP contribution in [0.5, 0.6) is 0 Å². The zero-order chi connectivity index (χ0) is 13.8. The van der Waals surface area contributed by atoms with E-state index in [9.17, 15) is 0 Å². The van der Waals surface area contributed by atoms with E-state index in [1.54, 1.807) is 0 Å². The Morgan fingerprint density at radius 1 is 0.947 bits per heavy atom. The summed E-state index contributed by atoms with van der Waals surface area (Å²) in [5.74, 6) is 0. The smallest absolute Gasteiger partial charge is 0.0109 e. The number of hydrogen-bond donors (Lipinski definition) is 0. The third kappa shape index (κ3) is 2.68. The highest BCUT2D eigenvalue weighted by Crippen LogP contribution is 2.29. The average molecular weight is 248 g/mol. The second kappa shape index (κ2) is 5.71. The highest BCUT2D eigenvalue weighted by Gasteiger charge is 2.07. The second-order valence-electron chi connectivity index (χ2n) is 4.81. The van der Waals surface area contributed by atoms with E-state index in [0.717, 1.165) is 0 Å². The van der Waals surface area contributed by atoms with Gasteiger partial charge in [-0.15, -0.1) is 0 Å². The van der Waals surface area contributed by atoms with E-state index < -0.39 is 0 Å². The first-order chi connectivity index (χ1) is 9.17. The fourth-order valence-corrected chi connectivity index (χ4v) is 2.35. The quantitative estimate of drug-likeness (QED) is 0.658. The topological polar surface area (TPSA) is 0 Å². The molecule has 0 bridgehead atoms. The van der Waals surface area contributed by atoms with Gasteiger partial charge in [0, 0.05) is 0 Å². The molecular formula is C19H20. The van der Waals surface area contributed by atoms with Crippen molar-refractivity contribution in [2.45, 2.75) is 20.8 Å². The van der Waals surface area contributed by atoms with Gasteiger partial charge in [0.25, 0.3) is 0 Å². The molecule has 0 heterocycles. The molecule has 0 nitrogen and oxygen atoms in total. The lowest BCUT2D eigenvalue weighted by Gasteiger charge is -2.12. The van der Waals surface area contributed by atoms with Gasteiger partial charge in [0.2, 0.25) is 0 Å². The lowest BCUT2D eigenvalue weighted by molar-refractivity contribution is 1.40. The zero-order valence-corrected chi connectivity index (χ0v) is 11.9. The number of rotatable bonds is 3. The standard InChI is InChI=1S/C19H20/c1-5-7-16-12-13-19(18(6-2)15(16)4)17-10-8-14(3)9-11-17/h5-13H,2H2,1,3-4H3/b7-5-. The molecule has 0 heteroatoms. The van der Waals surface area contributed by atoms with E-state index in [1.807, 2.05) is 13.0 Å². The van der Waals surface area contributed by atoms with Gasteiger partial charge in [-0.1, -0.05) is 66.8 Å². The van der Waals surface area contributed by atoms with Gasteiger partial charge in [0.1, 0.15) is 0 Å². The molecular weight excluding hydrogens is 228 g/mol. The summed E-state index contributed by atoms with van der Waals surface area (Å²) in [6, 6.07) is 13.0. The van der Waals surface area contributed by atoms with Crippen LogP contribution in [0.25, 0.3) is 23.3 Å². The lowest BCUT2D eigenvalue weighted by Crippen LogP contribution is -1.91. The van der Waals surface area contributed by atoms with Crippen molar-refractivity contribution in [1.29, 1.82) is 0 Å². The van der Waals surface area contributed by atoms with Gasteiger partial charge in [0.05, 0.1) is 0 Å². The number of allylic oxidation sites excluding steroid dienone is 1. The minimum Gasteiger partial charge on any atom is -0.0984 e. The maximum Gasteiger partial charge on any atom is -0.0109 e. The molecule has 0 aromatic heterocycles. The average Bonchev–Trinajstić information content (AvgIpc) is 2.42. The molecule has 2 aromatic carbocycles. The largest absolute Gasteiger partial charge is 0.0984 e. The van der Waals surface area contributed by atoms with Crippen molar-refractivity contribution in [3.05, 3.63) is 71.3 Å². The summed E-state index contributed by atoms with van der Waals surface area (Å²) in [6.45, 7) is 10.3. The zero-order valence-electron chi connectivity index (χ0n) is 11.9. The van der Waals surface area contributed by atoms with Crippen LogP contribution < -0.4 is 0 Å². The first-order valence-electron chi connectivity index (χ1n) is 6.63. The van der Waals surface area contributed by atoms with Crippen molar-refractivity contribution < 1.29 is 0 Å². The molecule has 0 amide bonds. The summed E-state index contributed by atoms with van der Waals surface area (Å²) in [6.07, 6.45) is 6.17. The Balaban J connectivity index is 2.61. The number of hydrogen-bond acceptors (Lipinski definition) is 0. The molecule has 0 radical (unpaired) electrons. The lowest BCUT2D eigenvalue weighted by atomic mass is 9.92. The van der Waals surface area contributed by atoms with Crippen LogP contribution in [0.15, 0.2) is 49.1 Å². The van der Waals surface area contributed by atoms with E-state index in [0.29, 0.717) is 0 Å².